The molecule has 4 aliphatic rings. The van der Waals surface area contributed by atoms with E-state index in [0.29, 0.717) is 16.7 Å². The van der Waals surface area contributed by atoms with Gasteiger partial charge in [-0.05, 0) is 91.8 Å². The summed E-state index contributed by atoms with van der Waals surface area (Å²) in [5.41, 5.74) is 0.964. The molecule has 0 heterocycles. The highest BCUT2D eigenvalue weighted by Crippen LogP contribution is 2.67. The van der Waals surface area contributed by atoms with Crippen LogP contribution >= 0.6 is 0 Å². The summed E-state index contributed by atoms with van der Waals surface area (Å²) in [7, 11) is 0. The minimum atomic E-state index is 0.342. The molecule has 122 valence electrons. The van der Waals surface area contributed by atoms with Crippen LogP contribution < -0.4 is 0 Å². The van der Waals surface area contributed by atoms with Crippen LogP contribution in [0.1, 0.15) is 78.6 Å². The lowest BCUT2D eigenvalue weighted by molar-refractivity contribution is -0.115. The molecule has 8 atom stereocenters. The molecule has 0 aliphatic heterocycles. The van der Waals surface area contributed by atoms with Gasteiger partial charge < -0.3 is 0 Å². The van der Waals surface area contributed by atoms with Crippen molar-refractivity contribution in [3.63, 3.8) is 0 Å². The summed E-state index contributed by atoms with van der Waals surface area (Å²) in [6, 6.07) is 2.67. The summed E-state index contributed by atoms with van der Waals surface area (Å²) < 4.78 is 0. The third-order valence-electron chi connectivity index (χ3n) is 9.02. The van der Waals surface area contributed by atoms with Gasteiger partial charge in [0.25, 0.3) is 0 Å². The van der Waals surface area contributed by atoms with Crippen molar-refractivity contribution in [1.82, 2.24) is 0 Å². The lowest BCUT2D eigenvalue weighted by Gasteiger charge is -2.61. The second kappa shape index (κ2) is 4.99. The third kappa shape index (κ3) is 1.88. The number of hydrogen-bond donors (Lipinski definition) is 0. The summed E-state index contributed by atoms with van der Waals surface area (Å²) >= 11 is 0. The first-order valence-electron chi connectivity index (χ1n) is 9.88. The average molecular weight is 300 g/mol. The van der Waals surface area contributed by atoms with Gasteiger partial charge in [-0.25, -0.2) is 0 Å². The topological polar surface area (TPSA) is 23.8 Å². The summed E-state index contributed by atoms with van der Waals surface area (Å²) in [4.78, 5) is 0. The zero-order valence-electron chi connectivity index (χ0n) is 14.8. The van der Waals surface area contributed by atoms with Crippen molar-refractivity contribution < 1.29 is 0 Å². The molecular weight excluding hydrogens is 266 g/mol. The Balaban J connectivity index is 1.64. The quantitative estimate of drug-likeness (QED) is 0.554. The van der Waals surface area contributed by atoms with Gasteiger partial charge in [-0.2, -0.15) is 5.26 Å². The van der Waals surface area contributed by atoms with Crippen LogP contribution in [0.2, 0.25) is 0 Å². The second-order valence-corrected chi connectivity index (χ2v) is 9.85. The van der Waals surface area contributed by atoms with E-state index in [9.17, 15) is 5.26 Å². The van der Waals surface area contributed by atoms with Crippen molar-refractivity contribution >= 4 is 0 Å². The summed E-state index contributed by atoms with van der Waals surface area (Å²) in [5, 5.41) is 9.59. The molecule has 0 amide bonds. The second-order valence-electron chi connectivity index (χ2n) is 9.85. The number of rotatable bonds is 0. The molecule has 0 radical (unpaired) electrons. The highest BCUT2D eigenvalue weighted by molar-refractivity contribution is 5.12. The zero-order chi connectivity index (χ0) is 15.5. The molecule has 0 spiro atoms. The van der Waals surface area contributed by atoms with E-state index >= 15 is 0 Å². The van der Waals surface area contributed by atoms with Crippen LogP contribution in [0.5, 0.6) is 0 Å². The number of nitriles is 1. The van der Waals surface area contributed by atoms with E-state index in [4.69, 9.17) is 0 Å². The van der Waals surface area contributed by atoms with E-state index in [-0.39, 0.29) is 0 Å². The predicted molar refractivity (Wildman–Crippen MR) is 90.0 cm³/mol. The minimum absolute atomic E-state index is 0.342. The van der Waals surface area contributed by atoms with E-state index in [0.717, 1.165) is 29.6 Å². The van der Waals surface area contributed by atoms with E-state index < -0.39 is 0 Å². The molecule has 0 bridgehead atoms. The highest BCUT2D eigenvalue weighted by atomic mass is 14.6. The van der Waals surface area contributed by atoms with Crippen LogP contribution in [-0.2, 0) is 0 Å². The molecule has 0 aromatic rings. The molecule has 1 heteroatoms. The van der Waals surface area contributed by atoms with Crippen LogP contribution in [0.4, 0.5) is 0 Å². The van der Waals surface area contributed by atoms with Gasteiger partial charge in [0.05, 0.1) is 12.0 Å². The van der Waals surface area contributed by atoms with Crippen molar-refractivity contribution in [3.05, 3.63) is 0 Å². The molecular formula is C21H33N. The first-order chi connectivity index (χ1) is 10.5. The van der Waals surface area contributed by atoms with Gasteiger partial charge in [0.1, 0.15) is 0 Å². The first kappa shape index (κ1) is 15.0. The van der Waals surface area contributed by atoms with Gasteiger partial charge in [0.2, 0.25) is 0 Å². The van der Waals surface area contributed by atoms with Crippen molar-refractivity contribution in [2.75, 3.05) is 0 Å². The van der Waals surface area contributed by atoms with Crippen molar-refractivity contribution in [2.24, 2.45) is 46.3 Å². The maximum Gasteiger partial charge on any atom is 0.0661 e. The average Bonchev–Trinajstić information content (AvgIpc) is 2.82. The molecule has 0 aromatic carbocycles. The van der Waals surface area contributed by atoms with Crippen LogP contribution in [0.25, 0.3) is 0 Å². The van der Waals surface area contributed by atoms with E-state index in [2.05, 4.69) is 26.8 Å². The fourth-order valence-electron chi connectivity index (χ4n) is 7.88. The van der Waals surface area contributed by atoms with Crippen LogP contribution in [0, 0.1) is 57.7 Å². The Bertz CT molecular complexity index is 491. The normalized spacial score (nSPS) is 57.4. The Kier molecular flexibility index (Phi) is 3.41. The summed E-state index contributed by atoms with van der Waals surface area (Å²) in [6.07, 6.45) is 12.6. The molecule has 0 N–H and O–H groups in total. The van der Waals surface area contributed by atoms with Crippen molar-refractivity contribution in [2.45, 2.75) is 78.6 Å². The Hall–Kier alpha value is -0.510. The fourth-order valence-corrected chi connectivity index (χ4v) is 7.88. The lowest BCUT2D eigenvalue weighted by atomic mass is 9.44. The van der Waals surface area contributed by atoms with Gasteiger partial charge in [-0.15, -0.1) is 0 Å². The van der Waals surface area contributed by atoms with Crippen LogP contribution in [0.3, 0.4) is 0 Å². The van der Waals surface area contributed by atoms with Gasteiger partial charge in [-0.3, -0.25) is 0 Å². The molecule has 22 heavy (non-hydrogen) atoms. The Morgan fingerprint density at radius 1 is 0.864 bits per heavy atom. The number of nitrogens with zero attached hydrogens (tertiary/aromatic N) is 1. The maximum absolute atomic E-state index is 9.59. The largest absolute Gasteiger partial charge is 0.198 e. The monoisotopic (exact) mass is 299 g/mol. The maximum atomic E-state index is 9.59. The Morgan fingerprint density at radius 2 is 1.59 bits per heavy atom. The molecule has 4 saturated carbocycles. The summed E-state index contributed by atoms with van der Waals surface area (Å²) in [6.45, 7) is 7.61. The standard InChI is InChI=1S/C21H33N/c1-14-4-5-15-6-8-17-18-9-7-16(13-22)20(18,2)11-10-19(17)21(15,3)12-14/h14-19H,4-12H2,1-3H3/t14?,15?,16?,17?,18?,19-,20?,21?/m0/s1. The van der Waals surface area contributed by atoms with Gasteiger partial charge >= 0.3 is 0 Å². The molecule has 4 aliphatic carbocycles. The zero-order valence-corrected chi connectivity index (χ0v) is 14.8. The fraction of sp³-hybridized carbons (Fsp3) is 0.952. The van der Waals surface area contributed by atoms with Crippen molar-refractivity contribution in [1.29, 1.82) is 5.26 Å². The molecule has 4 fully saturated rings. The third-order valence-corrected chi connectivity index (χ3v) is 9.02. The Labute approximate surface area is 136 Å². The molecule has 7 unspecified atom stereocenters. The number of hydrogen-bond acceptors (Lipinski definition) is 1. The van der Waals surface area contributed by atoms with Gasteiger partial charge in [0.15, 0.2) is 0 Å². The van der Waals surface area contributed by atoms with Gasteiger partial charge in [-0.1, -0.05) is 27.2 Å². The SMILES string of the molecule is CC1CCC2CCC3C4CCC(C#N)C4(C)CC[C@@H]3C2(C)C1. The molecule has 1 nitrogen and oxygen atoms in total. The lowest BCUT2D eigenvalue weighted by Crippen LogP contribution is -2.53. The molecule has 0 saturated heterocycles. The highest BCUT2D eigenvalue weighted by Gasteiger charge is 2.60. The number of fused-ring (bicyclic) bond motifs is 5. The molecule has 4 rings (SSSR count). The van der Waals surface area contributed by atoms with E-state index in [1.54, 1.807) is 0 Å². The molecule has 0 aromatic heterocycles. The first-order valence-corrected chi connectivity index (χ1v) is 9.88. The minimum Gasteiger partial charge on any atom is -0.198 e. The van der Waals surface area contributed by atoms with Crippen LogP contribution in [-0.4, -0.2) is 0 Å². The smallest absolute Gasteiger partial charge is 0.0661 e. The van der Waals surface area contributed by atoms with E-state index in [1.165, 1.54) is 57.8 Å². The van der Waals surface area contributed by atoms with Gasteiger partial charge in [0, 0.05) is 0 Å². The predicted octanol–water partition coefficient (Wildman–Crippen LogP) is 5.80. The van der Waals surface area contributed by atoms with Crippen molar-refractivity contribution in [3.8, 4) is 6.07 Å². The van der Waals surface area contributed by atoms with Crippen LogP contribution in [0.15, 0.2) is 0 Å². The van der Waals surface area contributed by atoms with E-state index in [1.807, 2.05) is 0 Å². The Morgan fingerprint density at radius 3 is 2.36 bits per heavy atom. The summed E-state index contributed by atoms with van der Waals surface area (Å²) in [5.74, 6) is 5.03.